The number of nitrogens with one attached hydrogen (secondary N) is 2. The maximum absolute atomic E-state index is 12.7. The van der Waals surface area contributed by atoms with Crippen LogP contribution < -0.4 is 10.6 Å². The predicted molar refractivity (Wildman–Crippen MR) is 114 cm³/mol. The van der Waals surface area contributed by atoms with E-state index in [9.17, 15) is 19.6 Å². The first-order chi connectivity index (χ1) is 13.9. The lowest BCUT2D eigenvalue weighted by Crippen LogP contribution is -2.44. The van der Waals surface area contributed by atoms with E-state index in [4.69, 9.17) is 4.74 Å². The van der Waals surface area contributed by atoms with Gasteiger partial charge in [-0.1, -0.05) is 53.2 Å². The van der Waals surface area contributed by atoms with Gasteiger partial charge in [0.05, 0.1) is 29.5 Å². The first-order valence-corrected chi connectivity index (χ1v) is 10.9. The van der Waals surface area contributed by atoms with Gasteiger partial charge < -0.3 is 15.4 Å². The minimum absolute atomic E-state index is 0.0542. The van der Waals surface area contributed by atoms with Gasteiger partial charge in [-0.2, -0.15) is 5.26 Å². The lowest BCUT2D eigenvalue weighted by atomic mass is 9.78. The van der Waals surface area contributed by atoms with Crippen LogP contribution in [0.25, 0.3) is 0 Å². The Bertz CT molecular complexity index is 866. The monoisotopic (exact) mass is 479 g/mol. The molecule has 0 radical (unpaired) electrons. The SMILES string of the molecule is CCCCNC(=O)CSC1=C(C#N)[C@@H](c2cccc(Br)c2)[C@H](C(=O)OC)C(=O)N1. The van der Waals surface area contributed by atoms with Gasteiger partial charge >= 0.3 is 5.97 Å². The van der Waals surface area contributed by atoms with Gasteiger partial charge in [0, 0.05) is 16.9 Å². The molecule has 2 rings (SSSR count). The largest absolute Gasteiger partial charge is 0.468 e. The minimum atomic E-state index is -1.19. The molecule has 0 fully saturated rings. The smallest absolute Gasteiger partial charge is 0.319 e. The van der Waals surface area contributed by atoms with Crippen molar-refractivity contribution in [3.05, 3.63) is 44.9 Å². The van der Waals surface area contributed by atoms with Crippen LogP contribution in [-0.4, -0.2) is 37.2 Å². The van der Waals surface area contributed by atoms with Crippen LogP contribution in [0.1, 0.15) is 31.2 Å². The number of allylic oxidation sites excluding steroid dienone is 1. The lowest BCUT2D eigenvalue weighted by molar-refractivity contribution is -0.150. The first-order valence-electron chi connectivity index (χ1n) is 9.10. The molecule has 0 saturated carbocycles. The molecule has 2 atom stereocenters. The third-order valence-corrected chi connectivity index (χ3v) is 5.90. The molecule has 1 aromatic carbocycles. The molecule has 0 bridgehead atoms. The summed E-state index contributed by atoms with van der Waals surface area (Å²) in [6.45, 7) is 2.61. The first kappa shape index (κ1) is 23.0. The normalized spacial score (nSPS) is 18.6. The number of amides is 2. The summed E-state index contributed by atoms with van der Waals surface area (Å²) >= 11 is 4.45. The Labute approximate surface area is 182 Å². The Balaban J connectivity index is 2.37. The van der Waals surface area contributed by atoms with Gasteiger partial charge in [-0.05, 0) is 24.1 Å². The fourth-order valence-electron chi connectivity index (χ4n) is 2.97. The maximum atomic E-state index is 12.7. The summed E-state index contributed by atoms with van der Waals surface area (Å²) in [6.07, 6.45) is 1.85. The summed E-state index contributed by atoms with van der Waals surface area (Å²) in [6, 6.07) is 9.21. The number of carbonyl (C=O) groups is 3. The third kappa shape index (κ3) is 5.84. The molecule has 29 heavy (non-hydrogen) atoms. The average molecular weight is 480 g/mol. The van der Waals surface area contributed by atoms with Crippen molar-refractivity contribution < 1.29 is 19.1 Å². The number of methoxy groups -OCH3 is 1. The van der Waals surface area contributed by atoms with Gasteiger partial charge in [-0.3, -0.25) is 14.4 Å². The molecular weight excluding hydrogens is 458 g/mol. The zero-order valence-electron chi connectivity index (χ0n) is 16.2. The van der Waals surface area contributed by atoms with Crippen LogP contribution in [0, 0.1) is 17.2 Å². The summed E-state index contributed by atoms with van der Waals surface area (Å²) in [5, 5.41) is 15.5. The van der Waals surface area contributed by atoms with Gasteiger partial charge in [0.1, 0.15) is 5.92 Å². The molecule has 2 amide bonds. The molecule has 1 aliphatic heterocycles. The van der Waals surface area contributed by atoms with E-state index in [0.29, 0.717) is 12.1 Å². The molecular formula is C20H22BrN3O4S. The molecule has 2 N–H and O–H groups in total. The zero-order valence-corrected chi connectivity index (χ0v) is 18.6. The van der Waals surface area contributed by atoms with Crippen LogP contribution in [0.2, 0.25) is 0 Å². The highest BCUT2D eigenvalue weighted by molar-refractivity contribution is 9.10. The summed E-state index contributed by atoms with van der Waals surface area (Å²) in [5.41, 5.74) is 0.858. The van der Waals surface area contributed by atoms with Crippen LogP contribution in [-0.2, 0) is 19.1 Å². The number of nitriles is 1. The van der Waals surface area contributed by atoms with Gasteiger partial charge in [0.15, 0.2) is 0 Å². The number of nitrogens with zero attached hydrogens (tertiary/aromatic N) is 1. The van der Waals surface area contributed by atoms with Gasteiger partial charge in [0.25, 0.3) is 0 Å². The van der Waals surface area contributed by atoms with Crippen molar-refractivity contribution in [2.45, 2.75) is 25.7 Å². The number of hydrogen-bond donors (Lipinski definition) is 2. The molecule has 0 aliphatic carbocycles. The highest BCUT2D eigenvalue weighted by atomic mass is 79.9. The van der Waals surface area contributed by atoms with Gasteiger partial charge in [-0.15, -0.1) is 0 Å². The number of benzene rings is 1. The van der Waals surface area contributed by atoms with E-state index in [0.717, 1.165) is 29.1 Å². The molecule has 1 heterocycles. The highest BCUT2D eigenvalue weighted by Gasteiger charge is 2.44. The van der Waals surface area contributed by atoms with Crippen molar-refractivity contribution in [3.63, 3.8) is 0 Å². The van der Waals surface area contributed by atoms with E-state index in [1.165, 1.54) is 7.11 Å². The fraction of sp³-hybridized carbons (Fsp3) is 0.400. The van der Waals surface area contributed by atoms with Crippen LogP contribution in [0.5, 0.6) is 0 Å². The van der Waals surface area contributed by atoms with Crippen molar-refractivity contribution in [3.8, 4) is 6.07 Å². The van der Waals surface area contributed by atoms with Gasteiger partial charge in [0.2, 0.25) is 11.8 Å². The second kappa shape index (κ2) is 11.0. The van der Waals surface area contributed by atoms with Crippen molar-refractivity contribution >= 4 is 45.5 Å². The Morgan fingerprint density at radius 2 is 2.17 bits per heavy atom. The van der Waals surface area contributed by atoms with Crippen LogP contribution in [0.4, 0.5) is 0 Å². The number of rotatable bonds is 8. The maximum Gasteiger partial charge on any atom is 0.319 e. The Morgan fingerprint density at radius 3 is 2.79 bits per heavy atom. The third-order valence-electron chi connectivity index (χ3n) is 4.39. The molecule has 0 saturated heterocycles. The Morgan fingerprint density at radius 1 is 1.41 bits per heavy atom. The topological polar surface area (TPSA) is 108 Å². The number of hydrogen-bond acceptors (Lipinski definition) is 6. The number of halogens is 1. The number of esters is 1. The molecule has 0 unspecified atom stereocenters. The lowest BCUT2D eigenvalue weighted by Gasteiger charge is -2.31. The molecule has 1 aliphatic rings. The highest BCUT2D eigenvalue weighted by Crippen LogP contribution is 2.40. The Hall–Kier alpha value is -2.31. The van der Waals surface area contributed by atoms with Crippen LogP contribution >= 0.6 is 27.7 Å². The molecule has 0 spiro atoms. The standard InChI is InChI=1S/C20H22BrN3O4S/c1-3-4-8-23-15(25)11-29-19-14(10-22)16(12-6-5-7-13(21)9-12)17(18(26)24-19)20(27)28-2/h5-7,9,16-17H,3-4,8,11H2,1-2H3,(H,23,25)(H,24,26)/t16-,17+/m1/s1. The number of carbonyl (C=O) groups excluding carboxylic acids is 3. The number of unbranched alkanes of at least 4 members (excludes halogenated alkanes) is 1. The predicted octanol–water partition coefficient (Wildman–Crippen LogP) is 2.84. The van der Waals surface area contributed by atoms with E-state index in [-0.39, 0.29) is 22.3 Å². The van der Waals surface area contributed by atoms with Crippen molar-refractivity contribution in [1.29, 1.82) is 5.26 Å². The van der Waals surface area contributed by atoms with E-state index >= 15 is 0 Å². The molecule has 154 valence electrons. The van der Waals surface area contributed by atoms with Crippen molar-refractivity contribution in [2.24, 2.45) is 5.92 Å². The second-order valence-corrected chi connectivity index (χ2v) is 8.27. The number of ether oxygens (including phenoxy) is 1. The molecule has 7 nitrogen and oxygen atoms in total. The van der Waals surface area contributed by atoms with E-state index in [1.807, 2.05) is 13.0 Å². The average Bonchev–Trinajstić information content (AvgIpc) is 2.71. The molecule has 1 aromatic rings. The van der Waals surface area contributed by atoms with Crippen molar-refractivity contribution in [1.82, 2.24) is 10.6 Å². The van der Waals surface area contributed by atoms with E-state index in [2.05, 4.69) is 32.6 Å². The molecule has 9 heteroatoms. The van der Waals surface area contributed by atoms with Gasteiger partial charge in [-0.25, -0.2) is 0 Å². The minimum Gasteiger partial charge on any atom is -0.468 e. The molecule has 0 aromatic heterocycles. The summed E-state index contributed by atoms with van der Waals surface area (Å²) in [5.74, 6) is -3.40. The second-order valence-electron chi connectivity index (χ2n) is 6.37. The summed E-state index contributed by atoms with van der Waals surface area (Å²) < 4.78 is 5.56. The van der Waals surface area contributed by atoms with E-state index < -0.39 is 23.7 Å². The summed E-state index contributed by atoms with van der Waals surface area (Å²) in [4.78, 5) is 37.1. The van der Waals surface area contributed by atoms with Crippen LogP contribution in [0.3, 0.4) is 0 Å². The quantitative estimate of drug-likeness (QED) is 0.337. The van der Waals surface area contributed by atoms with E-state index in [1.54, 1.807) is 18.2 Å². The zero-order chi connectivity index (χ0) is 21.4. The number of thioether (sulfide) groups is 1. The summed E-state index contributed by atoms with van der Waals surface area (Å²) in [7, 11) is 1.20. The van der Waals surface area contributed by atoms with Crippen LogP contribution in [0.15, 0.2) is 39.3 Å². The van der Waals surface area contributed by atoms with Crippen molar-refractivity contribution in [2.75, 3.05) is 19.4 Å². The fourth-order valence-corrected chi connectivity index (χ4v) is 4.27. The Kier molecular flexibility index (Phi) is 8.73.